The zero-order chi connectivity index (χ0) is 19.5. The molecule has 0 atom stereocenters. The molecule has 1 aromatic rings. The van der Waals surface area contributed by atoms with Crippen LogP contribution in [0.4, 0.5) is 0 Å². The van der Waals surface area contributed by atoms with Gasteiger partial charge in [-0.05, 0) is 29.8 Å². The predicted molar refractivity (Wildman–Crippen MR) is 98.3 cm³/mol. The van der Waals surface area contributed by atoms with Gasteiger partial charge in [0.1, 0.15) is 5.75 Å². The summed E-state index contributed by atoms with van der Waals surface area (Å²) in [6.07, 6.45) is 2.86. The number of benzene rings is 1. The van der Waals surface area contributed by atoms with E-state index in [2.05, 4.69) is 22.4 Å². The van der Waals surface area contributed by atoms with Crippen LogP contribution in [-0.2, 0) is 19.1 Å². The Kier molecular flexibility index (Phi) is 7.98. The van der Waals surface area contributed by atoms with E-state index in [-0.39, 0.29) is 19.1 Å². The van der Waals surface area contributed by atoms with E-state index in [9.17, 15) is 14.4 Å². The van der Waals surface area contributed by atoms with Crippen molar-refractivity contribution in [3.8, 4) is 5.75 Å². The van der Waals surface area contributed by atoms with Gasteiger partial charge in [0, 0.05) is 19.6 Å². The number of morpholine rings is 1. The second-order valence-corrected chi connectivity index (χ2v) is 5.55. The third-order valence-corrected chi connectivity index (χ3v) is 3.60. The fourth-order valence-corrected chi connectivity index (χ4v) is 2.16. The SMILES string of the molecule is C=CCNC(=O)C(=O)N/N=C\c1ccc(OCC(=O)N2CCOCC2)cc1. The lowest BCUT2D eigenvalue weighted by molar-refractivity contribution is -0.139. The van der Waals surface area contributed by atoms with E-state index in [0.29, 0.717) is 37.6 Å². The molecule has 0 aromatic heterocycles. The molecule has 1 aromatic carbocycles. The molecule has 0 radical (unpaired) electrons. The third kappa shape index (κ3) is 6.90. The van der Waals surface area contributed by atoms with Crippen molar-refractivity contribution in [2.75, 3.05) is 39.5 Å². The topological polar surface area (TPSA) is 109 Å². The molecular formula is C18H22N4O5. The molecule has 1 saturated heterocycles. The molecule has 144 valence electrons. The number of hydrogen-bond acceptors (Lipinski definition) is 6. The van der Waals surface area contributed by atoms with Gasteiger partial charge in [0.25, 0.3) is 5.91 Å². The Morgan fingerprint density at radius 2 is 1.89 bits per heavy atom. The van der Waals surface area contributed by atoms with Crippen LogP contribution in [0, 0.1) is 0 Å². The van der Waals surface area contributed by atoms with Gasteiger partial charge in [-0.2, -0.15) is 5.10 Å². The second-order valence-electron chi connectivity index (χ2n) is 5.55. The molecule has 1 fully saturated rings. The maximum atomic E-state index is 12.0. The zero-order valence-electron chi connectivity index (χ0n) is 14.8. The van der Waals surface area contributed by atoms with E-state index in [0.717, 1.165) is 0 Å². The lowest BCUT2D eigenvalue weighted by Crippen LogP contribution is -2.42. The number of hydrazone groups is 1. The van der Waals surface area contributed by atoms with E-state index in [1.807, 2.05) is 0 Å². The standard InChI is InChI=1S/C18H22N4O5/c1-2-7-19-17(24)18(25)21-20-12-14-3-5-15(6-4-14)27-13-16(23)22-8-10-26-11-9-22/h2-6,12H,1,7-11,13H2,(H,19,24)(H,21,25)/b20-12-. The first-order valence-electron chi connectivity index (χ1n) is 8.40. The first kappa shape index (κ1) is 20.1. The van der Waals surface area contributed by atoms with Gasteiger partial charge in [-0.25, -0.2) is 5.43 Å². The highest BCUT2D eigenvalue weighted by Crippen LogP contribution is 2.11. The lowest BCUT2D eigenvalue weighted by Gasteiger charge is -2.26. The van der Waals surface area contributed by atoms with Crippen molar-refractivity contribution in [2.24, 2.45) is 5.10 Å². The van der Waals surface area contributed by atoms with Gasteiger partial charge in [-0.1, -0.05) is 6.08 Å². The van der Waals surface area contributed by atoms with Gasteiger partial charge in [-0.3, -0.25) is 14.4 Å². The minimum Gasteiger partial charge on any atom is -0.484 e. The maximum absolute atomic E-state index is 12.0. The van der Waals surface area contributed by atoms with Gasteiger partial charge < -0.3 is 19.7 Å². The van der Waals surface area contributed by atoms with Gasteiger partial charge in [-0.15, -0.1) is 6.58 Å². The van der Waals surface area contributed by atoms with Crippen molar-refractivity contribution >= 4 is 23.9 Å². The number of amides is 3. The Morgan fingerprint density at radius 1 is 1.19 bits per heavy atom. The van der Waals surface area contributed by atoms with Gasteiger partial charge in [0.15, 0.2) is 6.61 Å². The van der Waals surface area contributed by atoms with Crippen molar-refractivity contribution in [2.45, 2.75) is 0 Å². The summed E-state index contributed by atoms with van der Waals surface area (Å²) >= 11 is 0. The van der Waals surface area contributed by atoms with E-state index < -0.39 is 11.8 Å². The first-order valence-corrected chi connectivity index (χ1v) is 8.40. The zero-order valence-corrected chi connectivity index (χ0v) is 14.8. The molecule has 1 heterocycles. The average molecular weight is 374 g/mol. The number of hydrogen-bond donors (Lipinski definition) is 2. The van der Waals surface area contributed by atoms with E-state index in [1.54, 1.807) is 29.2 Å². The molecule has 0 bridgehead atoms. The highest BCUT2D eigenvalue weighted by atomic mass is 16.5. The number of nitrogens with zero attached hydrogens (tertiary/aromatic N) is 2. The van der Waals surface area contributed by atoms with E-state index >= 15 is 0 Å². The number of ether oxygens (including phenoxy) is 2. The van der Waals surface area contributed by atoms with E-state index in [4.69, 9.17) is 9.47 Å². The molecule has 0 aliphatic carbocycles. The summed E-state index contributed by atoms with van der Waals surface area (Å²) < 4.78 is 10.7. The number of carbonyl (C=O) groups excluding carboxylic acids is 3. The summed E-state index contributed by atoms with van der Waals surface area (Å²) in [6, 6.07) is 6.79. The molecule has 0 saturated carbocycles. The quantitative estimate of drug-likeness (QED) is 0.294. The summed E-state index contributed by atoms with van der Waals surface area (Å²) in [5.74, 6) is -1.20. The van der Waals surface area contributed by atoms with Crippen molar-refractivity contribution in [3.05, 3.63) is 42.5 Å². The molecule has 9 nitrogen and oxygen atoms in total. The molecule has 27 heavy (non-hydrogen) atoms. The number of carbonyl (C=O) groups is 3. The highest BCUT2D eigenvalue weighted by Gasteiger charge is 2.17. The Bertz CT molecular complexity index is 696. The summed E-state index contributed by atoms with van der Waals surface area (Å²) in [7, 11) is 0. The Hall–Kier alpha value is -3.20. The maximum Gasteiger partial charge on any atom is 0.329 e. The molecule has 3 amide bonds. The van der Waals surface area contributed by atoms with Gasteiger partial charge in [0.2, 0.25) is 0 Å². The Labute approximate surface area is 157 Å². The lowest BCUT2D eigenvalue weighted by atomic mass is 10.2. The van der Waals surface area contributed by atoms with Crippen molar-refractivity contribution in [1.29, 1.82) is 0 Å². The van der Waals surface area contributed by atoms with Crippen LogP contribution in [0.15, 0.2) is 42.0 Å². The summed E-state index contributed by atoms with van der Waals surface area (Å²) in [4.78, 5) is 36.5. The van der Waals surface area contributed by atoms with Gasteiger partial charge in [0.05, 0.1) is 19.4 Å². The van der Waals surface area contributed by atoms with Crippen LogP contribution in [0.1, 0.15) is 5.56 Å². The summed E-state index contributed by atoms with van der Waals surface area (Å²) in [5.41, 5.74) is 2.81. The third-order valence-electron chi connectivity index (χ3n) is 3.60. The minimum absolute atomic E-state index is 0.0384. The van der Waals surface area contributed by atoms with Crippen LogP contribution in [0.5, 0.6) is 5.75 Å². The molecular weight excluding hydrogens is 352 g/mol. The van der Waals surface area contributed by atoms with Crippen molar-refractivity contribution in [1.82, 2.24) is 15.6 Å². The fourth-order valence-electron chi connectivity index (χ4n) is 2.16. The Morgan fingerprint density at radius 3 is 2.56 bits per heavy atom. The molecule has 1 aliphatic rings. The smallest absolute Gasteiger partial charge is 0.329 e. The molecule has 0 spiro atoms. The normalized spacial score (nSPS) is 13.9. The number of nitrogens with one attached hydrogen (secondary N) is 2. The molecule has 9 heteroatoms. The number of rotatable bonds is 7. The predicted octanol–water partition coefficient (Wildman–Crippen LogP) is -0.323. The van der Waals surface area contributed by atoms with Crippen LogP contribution >= 0.6 is 0 Å². The monoisotopic (exact) mass is 374 g/mol. The van der Waals surface area contributed by atoms with Crippen LogP contribution in [0.3, 0.4) is 0 Å². The van der Waals surface area contributed by atoms with Crippen LogP contribution in [0.2, 0.25) is 0 Å². The van der Waals surface area contributed by atoms with Gasteiger partial charge >= 0.3 is 11.8 Å². The molecule has 0 unspecified atom stereocenters. The van der Waals surface area contributed by atoms with Crippen LogP contribution < -0.4 is 15.5 Å². The molecule has 2 N–H and O–H groups in total. The second kappa shape index (κ2) is 10.7. The van der Waals surface area contributed by atoms with Crippen LogP contribution in [-0.4, -0.2) is 68.3 Å². The summed E-state index contributed by atoms with van der Waals surface area (Å²) in [6.45, 7) is 5.85. The Balaban J connectivity index is 1.75. The molecule has 1 aliphatic heterocycles. The van der Waals surface area contributed by atoms with E-state index in [1.165, 1.54) is 12.3 Å². The minimum atomic E-state index is -0.866. The fraction of sp³-hybridized carbons (Fsp3) is 0.333. The average Bonchev–Trinajstić information content (AvgIpc) is 2.71. The van der Waals surface area contributed by atoms with Crippen LogP contribution in [0.25, 0.3) is 0 Å². The highest BCUT2D eigenvalue weighted by molar-refractivity contribution is 6.35. The first-order chi connectivity index (χ1) is 13.1. The van der Waals surface area contributed by atoms with Crippen molar-refractivity contribution < 1.29 is 23.9 Å². The molecule has 2 rings (SSSR count). The summed E-state index contributed by atoms with van der Waals surface area (Å²) in [5, 5.41) is 6.05. The van der Waals surface area contributed by atoms with Crippen molar-refractivity contribution in [3.63, 3.8) is 0 Å². The largest absolute Gasteiger partial charge is 0.484 e.